The Labute approximate surface area is 192 Å². The third-order valence-electron chi connectivity index (χ3n) is 5.22. The van der Waals surface area contributed by atoms with Crippen molar-refractivity contribution in [2.75, 3.05) is 6.61 Å². The molecule has 1 saturated heterocycles. The minimum absolute atomic E-state index is 0.224. The molecule has 0 N–H and O–H groups in total. The fraction of sp³-hybridized carbons (Fsp3) is 0.308. The SMILES string of the molecule is Br[C@@H]1O[C@H](COCc2ccccc2)[C@H](OCc2ccccc2)[C@@H]1OCc1ccccc1. The quantitative estimate of drug-likeness (QED) is 0.357. The van der Waals surface area contributed by atoms with E-state index >= 15 is 0 Å². The van der Waals surface area contributed by atoms with E-state index in [1.165, 1.54) is 0 Å². The van der Waals surface area contributed by atoms with Gasteiger partial charge in [-0.3, -0.25) is 0 Å². The molecule has 4 atom stereocenters. The van der Waals surface area contributed by atoms with E-state index in [-0.39, 0.29) is 23.3 Å². The van der Waals surface area contributed by atoms with Crippen molar-refractivity contribution in [3.05, 3.63) is 108 Å². The molecule has 0 aliphatic carbocycles. The monoisotopic (exact) mass is 482 g/mol. The lowest BCUT2D eigenvalue weighted by atomic mass is 10.1. The van der Waals surface area contributed by atoms with Crippen LogP contribution in [0.5, 0.6) is 0 Å². The summed E-state index contributed by atoms with van der Waals surface area (Å²) in [7, 11) is 0. The molecule has 0 aromatic heterocycles. The van der Waals surface area contributed by atoms with Gasteiger partial charge in [0.2, 0.25) is 0 Å². The van der Waals surface area contributed by atoms with E-state index in [9.17, 15) is 0 Å². The van der Waals surface area contributed by atoms with Gasteiger partial charge in [0.1, 0.15) is 23.3 Å². The number of hydrogen-bond donors (Lipinski definition) is 0. The van der Waals surface area contributed by atoms with Gasteiger partial charge in [0.05, 0.1) is 26.4 Å². The van der Waals surface area contributed by atoms with Crippen molar-refractivity contribution in [1.29, 1.82) is 0 Å². The van der Waals surface area contributed by atoms with Crippen molar-refractivity contribution < 1.29 is 18.9 Å². The Morgan fingerprint density at radius 3 is 1.58 bits per heavy atom. The van der Waals surface area contributed by atoms with Crippen LogP contribution in [0.15, 0.2) is 91.0 Å². The molecular formula is C26H27BrO4. The summed E-state index contributed by atoms with van der Waals surface area (Å²) >= 11 is 3.64. The first kappa shape index (κ1) is 22.2. The van der Waals surface area contributed by atoms with Gasteiger partial charge in [-0.05, 0) is 16.7 Å². The van der Waals surface area contributed by atoms with Gasteiger partial charge >= 0.3 is 0 Å². The van der Waals surface area contributed by atoms with Crippen LogP contribution in [0.3, 0.4) is 0 Å². The van der Waals surface area contributed by atoms with Crippen LogP contribution in [0.25, 0.3) is 0 Å². The van der Waals surface area contributed by atoms with Crippen LogP contribution in [0, 0.1) is 0 Å². The molecule has 1 heterocycles. The number of halogens is 1. The maximum atomic E-state index is 6.32. The van der Waals surface area contributed by atoms with Gasteiger partial charge in [0.25, 0.3) is 0 Å². The summed E-state index contributed by atoms with van der Waals surface area (Å²) in [6, 6.07) is 30.4. The summed E-state index contributed by atoms with van der Waals surface area (Å²) < 4.78 is 24.7. The molecule has 1 aliphatic heterocycles. The second kappa shape index (κ2) is 11.6. The van der Waals surface area contributed by atoms with Crippen molar-refractivity contribution in [3.8, 4) is 0 Å². The van der Waals surface area contributed by atoms with Gasteiger partial charge in [0, 0.05) is 0 Å². The molecule has 4 rings (SSSR count). The van der Waals surface area contributed by atoms with Crippen molar-refractivity contribution in [1.82, 2.24) is 0 Å². The van der Waals surface area contributed by atoms with E-state index in [0.29, 0.717) is 26.4 Å². The summed E-state index contributed by atoms with van der Waals surface area (Å²) in [4.78, 5) is 0. The van der Waals surface area contributed by atoms with E-state index in [1.807, 2.05) is 54.6 Å². The molecule has 0 bridgehead atoms. The minimum Gasteiger partial charge on any atom is -0.374 e. The predicted molar refractivity (Wildman–Crippen MR) is 124 cm³/mol. The summed E-state index contributed by atoms with van der Waals surface area (Å²) in [6.07, 6.45) is -0.712. The highest BCUT2D eigenvalue weighted by atomic mass is 79.9. The second-order valence-corrected chi connectivity index (χ2v) is 8.45. The Balaban J connectivity index is 1.39. The lowest BCUT2D eigenvalue weighted by Crippen LogP contribution is -2.38. The van der Waals surface area contributed by atoms with E-state index < -0.39 is 0 Å². The van der Waals surface area contributed by atoms with Crippen LogP contribution in [0.4, 0.5) is 0 Å². The fourth-order valence-corrected chi connectivity index (χ4v) is 4.32. The Morgan fingerprint density at radius 2 is 1.06 bits per heavy atom. The highest BCUT2D eigenvalue weighted by Gasteiger charge is 2.45. The molecule has 4 nitrogen and oxygen atoms in total. The second-order valence-electron chi connectivity index (χ2n) is 7.55. The summed E-state index contributed by atoms with van der Waals surface area (Å²) in [5.41, 5.74) is 3.37. The first-order valence-electron chi connectivity index (χ1n) is 10.5. The standard InChI is InChI=1S/C26H27BrO4/c27-26-25(30-18-22-14-8-3-9-15-22)24(29-17-21-12-6-2-7-13-21)23(31-26)19-28-16-20-10-4-1-5-11-20/h1-15,23-26H,16-19H2/t23-,24+,25+,26-/m1/s1. The van der Waals surface area contributed by atoms with Crippen molar-refractivity contribution in [2.45, 2.75) is 43.1 Å². The zero-order chi connectivity index (χ0) is 21.3. The van der Waals surface area contributed by atoms with Crippen LogP contribution >= 0.6 is 15.9 Å². The first-order chi connectivity index (χ1) is 15.3. The van der Waals surface area contributed by atoms with Gasteiger partial charge in [-0.1, -0.05) is 107 Å². The smallest absolute Gasteiger partial charge is 0.141 e. The van der Waals surface area contributed by atoms with Crippen molar-refractivity contribution >= 4 is 15.9 Å². The summed E-state index contributed by atoms with van der Waals surface area (Å²) in [5, 5.41) is -0.262. The zero-order valence-electron chi connectivity index (χ0n) is 17.3. The maximum absolute atomic E-state index is 6.32. The van der Waals surface area contributed by atoms with Gasteiger partial charge < -0.3 is 18.9 Å². The molecule has 0 radical (unpaired) electrons. The van der Waals surface area contributed by atoms with E-state index in [4.69, 9.17) is 18.9 Å². The summed E-state index contributed by atoms with van der Waals surface area (Å²) in [6.45, 7) is 1.96. The number of hydrogen-bond acceptors (Lipinski definition) is 4. The normalized spacial score (nSPS) is 23.1. The Kier molecular flexibility index (Phi) is 8.27. The lowest BCUT2D eigenvalue weighted by Gasteiger charge is -2.24. The molecular weight excluding hydrogens is 456 g/mol. The van der Waals surface area contributed by atoms with E-state index in [1.54, 1.807) is 0 Å². The molecule has 0 amide bonds. The van der Waals surface area contributed by atoms with Crippen LogP contribution in [-0.2, 0) is 38.8 Å². The predicted octanol–water partition coefficient (Wildman–Crippen LogP) is 5.49. The zero-order valence-corrected chi connectivity index (χ0v) is 18.9. The summed E-state index contributed by atoms with van der Waals surface area (Å²) in [5.74, 6) is 0. The van der Waals surface area contributed by atoms with Crippen LogP contribution in [0.1, 0.15) is 16.7 Å². The molecule has 3 aromatic rings. The molecule has 31 heavy (non-hydrogen) atoms. The highest BCUT2D eigenvalue weighted by Crippen LogP contribution is 2.32. The van der Waals surface area contributed by atoms with Crippen LogP contribution in [-0.4, -0.2) is 29.9 Å². The molecule has 5 heteroatoms. The third kappa shape index (κ3) is 6.48. The van der Waals surface area contributed by atoms with E-state index in [0.717, 1.165) is 16.7 Å². The Bertz CT molecular complexity index is 891. The molecule has 162 valence electrons. The molecule has 3 aromatic carbocycles. The van der Waals surface area contributed by atoms with Gasteiger partial charge in [-0.2, -0.15) is 0 Å². The average Bonchev–Trinajstić information content (AvgIpc) is 3.12. The average molecular weight is 483 g/mol. The van der Waals surface area contributed by atoms with Crippen LogP contribution < -0.4 is 0 Å². The van der Waals surface area contributed by atoms with Gasteiger partial charge in [-0.25, -0.2) is 0 Å². The van der Waals surface area contributed by atoms with Crippen LogP contribution in [0.2, 0.25) is 0 Å². The van der Waals surface area contributed by atoms with Crippen molar-refractivity contribution in [2.24, 2.45) is 0 Å². The highest BCUT2D eigenvalue weighted by molar-refractivity contribution is 9.09. The number of alkyl halides is 1. The fourth-order valence-electron chi connectivity index (χ4n) is 3.59. The Hall–Kier alpha value is -2.02. The third-order valence-corrected chi connectivity index (χ3v) is 5.95. The topological polar surface area (TPSA) is 36.9 Å². The molecule has 1 fully saturated rings. The number of rotatable bonds is 10. The molecule has 0 saturated carbocycles. The molecule has 0 unspecified atom stereocenters. The largest absolute Gasteiger partial charge is 0.374 e. The molecule has 1 aliphatic rings. The number of ether oxygens (including phenoxy) is 4. The maximum Gasteiger partial charge on any atom is 0.141 e. The van der Waals surface area contributed by atoms with E-state index in [2.05, 4.69) is 52.3 Å². The first-order valence-corrected chi connectivity index (χ1v) is 11.4. The number of benzene rings is 3. The minimum atomic E-state index is -0.262. The van der Waals surface area contributed by atoms with Gasteiger partial charge in [0.15, 0.2) is 0 Å². The van der Waals surface area contributed by atoms with Gasteiger partial charge in [-0.15, -0.1) is 0 Å². The van der Waals surface area contributed by atoms with Crippen molar-refractivity contribution in [3.63, 3.8) is 0 Å². The molecule has 0 spiro atoms. The lowest BCUT2D eigenvalue weighted by molar-refractivity contribution is -0.0895. The Morgan fingerprint density at radius 1 is 0.613 bits per heavy atom.